The highest BCUT2D eigenvalue weighted by atomic mass is 16.5. The molecule has 6 heteroatoms. The number of benzene rings is 1. The van der Waals surface area contributed by atoms with Crippen molar-refractivity contribution in [3.8, 4) is 5.75 Å². The Bertz CT molecular complexity index is 578. The van der Waals surface area contributed by atoms with Gasteiger partial charge in [0.25, 0.3) is 5.91 Å². The molecular weight excluding hydrogens is 234 g/mol. The average Bonchev–Trinajstić information content (AvgIpc) is 2.77. The lowest BCUT2D eigenvalue weighted by Gasteiger charge is -2.10. The molecule has 0 atom stereocenters. The molecule has 0 spiro atoms. The van der Waals surface area contributed by atoms with Gasteiger partial charge in [-0.25, -0.2) is 0 Å². The molecule has 94 valence electrons. The number of nitrogens with two attached hydrogens (primary N) is 1. The van der Waals surface area contributed by atoms with E-state index in [4.69, 9.17) is 15.0 Å². The van der Waals surface area contributed by atoms with Gasteiger partial charge in [-0.05, 0) is 19.1 Å². The molecule has 18 heavy (non-hydrogen) atoms. The van der Waals surface area contributed by atoms with Crippen LogP contribution in [0.15, 0.2) is 28.9 Å². The van der Waals surface area contributed by atoms with E-state index in [2.05, 4.69) is 10.5 Å². The van der Waals surface area contributed by atoms with Crippen molar-refractivity contribution in [2.45, 2.75) is 6.92 Å². The number of carbonyl (C=O) groups excluding carboxylic acids is 1. The molecule has 0 aliphatic carbocycles. The topological polar surface area (TPSA) is 90.4 Å². The summed E-state index contributed by atoms with van der Waals surface area (Å²) in [5, 5.41) is 6.27. The Morgan fingerprint density at radius 3 is 2.89 bits per heavy atom. The second-order valence-electron chi connectivity index (χ2n) is 3.71. The molecule has 0 saturated carbocycles. The van der Waals surface area contributed by atoms with Gasteiger partial charge in [0.1, 0.15) is 17.1 Å². The number of nitrogens with one attached hydrogen (secondary N) is 1. The predicted molar refractivity (Wildman–Crippen MR) is 66.6 cm³/mol. The number of hydrogen-bond donors (Lipinski definition) is 2. The molecule has 1 heterocycles. The number of carbonyl (C=O) groups is 1. The van der Waals surface area contributed by atoms with Crippen LogP contribution in [0.1, 0.15) is 16.1 Å². The van der Waals surface area contributed by atoms with Gasteiger partial charge in [-0.1, -0.05) is 5.16 Å². The number of nitrogen functional groups attached to an aromatic ring is 1. The summed E-state index contributed by atoms with van der Waals surface area (Å²) in [6, 6.07) is 4.99. The quantitative estimate of drug-likeness (QED) is 0.807. The second kappa shape index (κ2) is 4.79. The van der Waals surface area contributed by atoms with Gasteiger partial charge in [0.2, 0.25) is 0 Å². The number of ether oxygens (including phenoxy) is 1. The van der Waals surface area contributed by atoms with Crippen LogP contribution in [0.25, 0.3) is 0 Å². The van der Waals surface area contributed by atoms with Crippen molar-refractivity contribution in [3.63, 3.8) is 0 Å². The van der Waals surface area contributed by atoms with E-state index in [1.807, 2.05) is 0 Å². The van der Waals surface area contributed by atoms with Crippen molar-refractivity contribution in [3.05, 3.63) is 35.7 Å². The van der Waals surface area contributed by atoms with E-state index in [1.54, 1.807) is 25.1 Å². The van der Waals surface area contributed by atoms with Crippen molar-refractivity contribution in [2.24, 2.45) is 0 Å². The van der Waals surface area contributed by atoms with Crippen LogP contribution in [0.5, 0.6) is 5.75 Å². The van der Waals surface area contributed by atoms with Crippen molar-refractivity contribution in [1.29, 1.82) is 0 Å². The van der Waals surface area contributed by atoms with E-state index >= 15 is 0 Å². The number of nitrogens with zero attached hydrogens (tertiary/aromatic N) is 1. The summed E-state index contributed by atoms with van der Waals surface area (Å²) in [5.74, 6) is 0.649. The molecule has 1 aromatic carbocycles. The Morgan fingerprint density at radius 1 is 1.50 bits per heavy atom. The molecule has 0 fully saturated rings. The zero-order chi connectivity index (χ0) is 13.1. The number of aryl methyl sites for hydroxylation is 1. The summed E-state index contributed by atoms with van der Waals surface area (Å²) in [5.41, 5.74) is 7.12. The highest BCUT2D eigenvalue weighted by Gasteiger charge is 2.14. The Labute approximate surface area is 104 Å². The zero-order valence-corrected chi connectivity index (χ0v) is 10.1. The highest BCUT2D eigenvalue weighted by molar-refractivity contribution is 6.05. The molecule has 0 saturated heterocycles. The van der Waals surface area contributed by atoms with Gasteiger partial charge in [-0.2, -0.15) is 0 Å². The average molecular weight is 247 g/mol. The van der Waals surface area contributed by atoms with Crippen molar-refractivity contribution in [2.75, 3.05) is 18.2 Å². The lowest BCUT2D eigenvalue weighted by molar-refractivity contribution is 0.102. The maximum Gasteiger partial charge on any atom is 0.260 e. The zero-order valence-electron chi connectivity index (χ0n) is 10.1. The number of anilines is 2. The summed E-state index contributed by atoms with van der Waals surface area (Å²) in [4.78, 5) is 12.0. The molecule has 1 amide bonds. The predicted octanol–water partition coefficient (Wildman–Crippen LogP) is 1.83. The highest BCUT2D eigenvalue weighted by Crippen LogP contribution is 2.27. The number of rotatable bonds is 3. The van der Waals surface area contributed by atoms with Gasteiger partial charge < -0.3 is 20.3 Å². The van der Waals surface area contributed by atoms with Crippen LogP contribution in [0.4, 0.5) is 11.4 Å². The van der Waals surface area contributed by atoms with Crippen LogP contribution < -0.4 is 15.8 Å². The smallest absolute Gasteiger partial charge is 0.260 e. The monoisotopic (exact) mass is 247 g/mol. The lowest BCUT2D eigenvalue weighted by Crippen LogP contribution is -2.13. The molecule has 2 aromatic rings. The summed E-state index contributed by atoms with van der Waals surface area (Å²) in [6.45, 7) is 1.67. The number of amides is 1. The van der Waals surface area contributed by atoms with Gasteiger partial charge in [0, 0.05) is 11.8 Å². The first-order valence-corrected chi connectivity index (χ1v) is 5.28. The number of aromatic nitrogens is 1. The van der Waals surface area contributed by atoms with Crippen LogP contribution in [0.3, 0.4) is 0 Å². The molecule has 0 aliphatic rings. The first-order chi connectivity index (χ1) is 8.61. The minimum atomic E-state index is -0.308. The minimum absolute atomic E-state index is 0.308. The maximum absolute atomic E-state index is 12.0. The summed E-state index contributed by atoms with van der Waals surface area (Å²) < 4.78 is 9.98. The van der Waals surface area contributed by atoms with E-state index < -0.39 is 0 Å². The van der Waals surface area contributed by atoms with E-state index in [0.717, 1.165) is 0 Å². The van der Waals surface area contributed by atoms with Crippen LogP contribution in [0, 0.1) is 6.92 Å². The third kappa shape index (κ3) is 2.27. The Kier molecular flexibility index (Phi) is 3.18. The fourth-order valence-electron chi connectivity index (χ4n) is 1.52. The molecule has 0 bridgehead atoms. The van der Waals surface area contributed by atoms with Crippen LogP contribution >= 0.6 is 0 Å². The minimum Gasteiger partial charge on any atom is -0.494 e. The SMILES string of the molecule is COc1cc(N)ccc1NC(=O)c1cnoc1C. The molecule has 1 aromatic heterocycles. The van der Waals surface area contributed by atoms with E-state index in [1.165, 1.54) is 13.3 Å². The largest absolute Gasteiger partial charge is 0.494 e. The molecule has 3 N–H and O–H groups in total. The van der Waals surface area contributed by atoms with Crippen LogP contribution in [-0.4, -0.2) is 18.2 Å². The Hall–Kier alpha value is -2.50. The fraction of sp³-hybridized carbons (Fsp3) is 0.167. The molecule has 2 rings (SSSR count). The van der Waals surface area contributed by atoms with E-state index in [9.17, 15) is 4.79 Å². The third-order valence-corrected chi connectivity index (χ3v) is 2.47. The standard InChI is InChI=1S/C12H13N3O3/c1-7-9(6-14-18-7)12(16)15-10-4-3-8(13)5-11(10)17-2/h3-6H,13H2,1-2H3,(H,15,16). The molecule has 6 nitrogen and oxygen atoms in total. The molecule has 0 radical (unpaired) electrons. The first-order valence-electron chi connectivity index (χ1n) is 5.28. The van der Waals surface area contributed by atoms with Crippen LogP contribution in [-0.2, 0) is 0 Å². The number of hydrogen-bond acceptors (Lipinski definition) is 5. The van der Waals surface area contributed by atoms with E-state index in [0.29, 0.717) is 28.4 Å². The normalized spacial score (nSPS) is 10.1. The van der Waals surface area contributed by atoms with Gasteiger partial charge >= 0.3 is 0 Å². The first kappa shape index (κ1) is 12.0. The second-order valence-corrected chi connectivity index (χ2v) is 3.71. The summed E-state index contributed by atoms with van der Waals surface area (Å²) in [6.07, 6.45) is 1.37. The van der Waals surface area contributed by atoms with Gasteiger partial charge in [0.15, 0.2) is 0 Å². The summed E-state index contributed by atoms with van der Waals surface area (Å²) >= 11 is 0. The van der Waals surface area contributed by atoms with Crippen molar-refractivity contribution < 1.29 is 14.1 Å². The van der Waals surface area contributed by atoms with E-state index in [-0.39, 0.29) is 5.91 Å². The number of methoxy groups -OCH3 is 1. The summed E-state index contributed by atoms with van der Waals surface area (Å²) in [7, 11) is 1.51. The Morgan fingerprint density at radius 2 is 2.28 bits per heavy atom. The third-order valence-electron chi connectivity index (χ3n) is 2.47. The van der Waals surface area contributed by atoms with Gasteiger partial charge in [-0.3, -0.25) is 4.79 Å². The maximum atomic E-state index is 12.0. The molecular formula is C12H13N3O3. The Balaban J connectivity index is 2.24. The van der Waals surface area contributed by atoms with Crippen LogP contribution in [0.2, 0.25) is 0 Å². The lowest BCUT2D eigenvalue weighted by atomic mass is 10.2. The fourth-order valence-corrected chi connectivity index (χ4v) is 1.52. The van der Waals surface area contributed by atoms with Crippen molar-refractivity contribution in [1.82, 2.24) is 5.16 Å². The van der Waals surface area contributed by atoms with Gasteiger partial charge in [-0.15, -0.1) is 0 Å². The van der Waals surface area contributed by atoms with Gasteiger partial charge in [0.05, 0.1) is 19.0 Å². The van der Waals surface area contributed by atoms with Crippen molar-refractivity contribution >= 4 is 17.3 Å². The molecule has 0 aliphatic heterocycles. The molecule has 0 unspecified atom stereocenters.